The normalized spacial score (nSPS) is 15.0. The maximum Gasteiger partial charge on any atom is 0.472 e. The smallest absolute Gasteiger partial charge is 0.463 e. The first-order valence-electron chi connectivity index (χ1n) is 18.4. The summed E-state index contributed by atoms with van der Waals surface area (Å²) >= 11 is 0. The van der Waals surface area contributed by atoms with E-state index in [9.17, 15) is 19.4 Å². The van der Waals surface area contributed by atoms with Gasteiger partial charge >= 0.3 is 13.8 Å². The van der Waals surface area contributed by atoms with Gasteiger partial charge in [-0.2, -0.15) is 0 Å². The van der Waals surface area contributed by atoms with Gasteiger partial charge in [-0.15, -0.1) is 0 Å². The first kappa shape index (κ1) is 46.7. The molecule has 49 heavy (non-hydrogen) atoms. The zero-order valence-corrected chi connectivity index (χ0v) is 32.0. The largest absolute Gasteiger partial charge is 0.472 e. The number of nitrogens with zero attached hydrogens (tertiary/aromatic N) is 1. The Morgan fingerprint density at radius 3 is 1.53 bits per heavy atom. The average molecular weight is 707 g/mol. The van der Waals surface area contributed by atoms with Crippen LogP contribution in [-0.2, 0) is 23.1 Å². The zero-order valence-electron chi connectivity index (χ0n) is 31.1. The Bertz CT molecular complexity index is 1050. The maximum absolute atomic E-state index is 11.9. The number of likely N-dealkylation sites (N-methyl/N-ethyl adjacent to an activating group) is 1. The molecule has 0 saturated heterocycles. The Kier molecular flexibility index (Phi) is 31.3. The summed E-state index contributed by atoms with van der Waals surface area (Å²) in [5, 5.41) is 9.89. The highest BCUT2D eigenvalue weighted by atomic mass is 31.2. The zero-order chi connectivity index (χ0) is 36.3. The molecule has 2 unspecified atom stereocenters. The highest BCUT2D eigenvalue weighted by Crippen LogP contribution is 2.43. The van der Waals surface area contributed by atoms with Gasteiger partial charge in [0.25, 0.3) is 0 Å². The maximum atomic E-state index is 11.9. The van der Waals surface area contributed by atoms with Crippen molar-refractivity contribution in [3.63, 3.8) is 0 Å². The molecular formula is C40H69NO7P+. The van der Waals surface area contributed by atoms with E-state index < -0.39 is 20.5 Å². The Balaban J connectivity index is 3.60. The second-order valence-electron chi connectivity index (χ2n) is 13.1. The number of unbranched alkanes of at least 4 members (excludes halogenated alkanes) is 7. The van der Waals surface area contributed by atoms with Crippen LogP contribution in [-0.4, -0.2) is 74.1 Å². The Morgan fingerprint density at radius 2 is 1.06 bits per heavy atom. The number of phosphoric acid groups is 1. The van der Waals surface area contributed by atoms with E-state index in [0.717, 1.165) is 77.0 Å². The number of allylic oxidation sites excluding steroid dienone is 14. The lowest BCUT2D eigenvalue weighted by molar-refractivity contribution is -0.870. The highest BCUT2D eigenvalue weighted by molar-refractivity contribution is 7.47. The quantitative estimate of drug-likeness (QED) is 0.0236. The van der Waals surface area contributed by atoms with Gasteiger partial charge in [0.1, 0.15) is 25.9 Å². The van der Waals surface area contributed by atoms with Gasteiger partial charge in [0.05, 0.1) is 27.7 Å². The molecule has 0 saturated carbocycles. The van der Waals surface area contributed by atoms with Crippen molar-refractivity contribution in [3.05, 3.63) is 85.1 Å². The molecule has 0 aromatic heterocycles. The van der Waals surface area contributed by atoms with Crippen LogP contribution in [0.4, 0.5) is 0 Å². The number of ether oxygens (including phenoxy) is 1. The number of carbonyl (C=O) groups excluding carboxylic acids is 1. The molecule has 0 fully saturated rings. The van der Waals surface area contributed by atoms with Gasteiger partial charge in [0.15, 0.2) is 0 Å². The van der Waals surface area contributed by atoms with Crippen LogP contribution < -0.4 is 0 Å². The molecule has 9 heteroatoms. The van der Waals surface area contributed by atoms with E-state index in [1.54, 1.807) is 0 Å². The van der Waals surface area contributed by atoms with Crippen molar-refractivity contribution < 1.29 is 37.6 Å². The van der Waals surface area contributed by atoms with Crippen LogP contribution in [0, 0.1) is 0 Å². The molecule has 0 rings (SSSR count). The molecule has 2 atom stereocenters. The van der Waals surface area contributed by atoms with Crippen LogP contribution in [0.15, 0.2) is 85.1 Å². The molecule has 0 aliphatic rings. The molecule has 0 amide bonds. The van der Waals surface area contributed by atoms with E-state index in [4.69, 9.17) is 13.8 Å². The second-order valence-corrected chi connectivity index (χ2v) is 14.5. The van der Waals surface area contributed by atoms with E-state index in [-0.39, 0.29) is 19.2 Å². The molecule has 0 aromatic carbocycles. The number of quaternary nitrogens is 1. The summed E-state index contributed by atoms with van der Waals surface area (Å²) in [6.07, 6.45) is 46.0. The van der Waals surface area contributed by atoms with E-state index in [1.165, 1.54) is 19.3 Å². The van der Waals surface area contributed by atoms with Crippen molar-refractivity contribution >= 4 is 13.8 Å². The van der Waals surface area contributed by atoms with Crippen molar-refractivity contribution in [3.8, 4) is 0 Å². The van der Waals surface area contributed by atoms with Crippen molar-refractivity contribution in [2.24, 2.45) is 0 Å². The fourth-order valence-electron chi connectivity index (χ4n) is 4.28. The third kappa shape index (κ3) is 38.3. The summed E-state index contributed by atoms with van der Waals surface area (Å²) in [5.74, 6) is -0.388. The number of phosphoric ester groups is 1. The van der Waals surface area contributed by atoms with Gasteiger partial charge < -0.3 is 19.2 Å². The van der Waals surface area contributed by atoms with Crippen LogP contribution in [0.25, 0.3) is 0 Å². The topological polar surface area (TPSA) is 102 Å². The molecule has 0 heterocycles. The van der Waals surface area contributed by atoms with Gasteiger partial charge in [0, 0.05) is 6.42 Å². The molecule has 0 bridgehead atoms. The lowest BCUT2D eigenvalue weighted by Gasteiger charge is -2.24. The lowest BCUT2D eigenvalue weighted by atomic mass is 10.1. The van der Waals surface area contributed by atoms with Gasteiger partial charge in [-0.25, -0.2) is 4.57 Å². The third-order valence-corrected chi connectivity index (χ3v) is 8.15. The SMILES string of the molecule is CC/C=C\C/C=C\C/C=C\C/C=C\C/C=C\C/C=C\C/C=C\CCCCCCCCCC(=O)OCC(O)COP(=O)(O)OCC[N+](C)(C)C. The van der Waals surface area contributed by atoms with Crippen LogP contribution in [0.3, 0.4) is 0 Å². The fourth-order valence-corrected chi connectivity index (χ4v) is 5.03. The fraction of sp³-hybridized carbons (Fsp3) is 0.625. The standard InChI is InChI=1S/C40H68NO7P/c1-5-6-7-8-9-10-11-12-13-14-15-16-17-18-19-20-21-22-23-24-25-26-27-28-29-30-31-32-33-34-40(43)46-37-39(42)38-48-49(44,45)47-36-35-41(2,3)4/h6-7,9-10,12-13,15-16,18-19,21-22,24-25,39,42H,5,8,11,14,17,20,23,26-38H2,1-4H3/p+1/b7-6-,10-9-,13-12-,16-15-,19-18-,22-21-,25-24-. The molecule has 2 N–H and O–H groups in total. The highest BCUT2D eigenvalue weighted by Gasteiger charge is 2.24. The second kappa shape index (κ2) is 32.9. The molecule has 0 spiro atoms. The number of aliphatic hydroxyl groups is 1. The van der Waals surface area contributed by atoms with Crippen molar-refractivity contribution in [2.75, 3.05) is 47.5 Å². The molecule has 0 aliphatic carbocycles. The summed E-state index contributed by atoms with van der Waals surface area (Å²) in [5.41, 5.74) is 0. The lowest BCUT2D eigenvalue weighted by Crippen LogP contribution is -2.37. The first-order chi connectivity index (χ1) is 23.6. The summed E-state index contributed by atoms with van der Waals surface area (Å²) in [6, 6.07) is 0. The summed E-state index contributed by atoms with van der Waals surface area (Å²) in [4.78, 5) is 21.6. The van der Waals surface area contributed by atoms with Crippen LogP contribution in [0.2, 0.25) is 0 Å². The molecule has 280 valence electrons. The summed E-state index contributed by atoms with van der Waals surface area (Å²) in [6.45, 7) is 1.99. The van der Waals surface area contributed by atoms with E-state index >= 15 is 0 Å². The minimum Gasteiger partial charge on any atom is -0.463 e. The van der Waals surface area contributed by atoms with Crippen molar-refractivity contribution in [1.29, 1.82) is 0 Å². The van der Waals surface area contributed by atoms with Gasteiger partial charge in [-0.05, 0) is 64.2 Å². The van der Waals surface area contributed by atoms with Crippen molar-refractivity contribution in [2.45, 2.75) is 116 Å². The summed E-state index contributed by atoms with van der Waals surface area (Å²) in [7, 11) is 1.54. The Hall–Kier alpha value is -2.32. The predicted molar refractivity (Wildman–Crippen MR) is 205 cm³/mol. The van der Waals surface area contributed by atoms with Crippen LogP contribution in [0.1, 0.15) is 110 Å². The molecule has 8 nitrogen and oxygen atoms in total. The number of hydrogen-bond donors (Lipinski definition) is 2. The summed E-state index contributed by atoms with van der Waals surface area (Å²) < 4.78 is 27.2. The van der Waals surface area contributed by atoms with Crippen LogP contribution >= 0.6 is 7.82 Å². The Labute approximate surface area is 299 Å². The minimum atomic E-state index is -4.26. The van der Waals surface area contributed by atoms with Gasteiger partial charge in [-0.3, -0.25) is 13.8 Å². The molecule has 0 aliphatic heterocycles. The Morgan fingerprint density at radius 1 is 0.633 bits per heavy atom. The monoisotopic (exact) mass is 706 g/mol. The molecular weight excluding hydrogens is 637 g/mol. The van der Waals surface area contributed by atoms with E-state index in [1.807, 2.05) is 21.1 Å². The van der Waals surface area contributed by atoms with Gasteiger partial charge in [0.2, 0.25) is 0 Å². The number of carbonyl (C=O) groups is 1. The van der Waals surface area contributed by atoms with Gasteiger partial charge in [-0.1, -0.05) is 124 Å². The predicted octanol–water partition coefficient (Wildman–Crippen LogP) is 9.89. The third-order valence-electron chi connectivity index (χ3n) is 7.17. The molecule has 0 aromatic rings. The average Bonchev–Trinajstić information content (AvgIpc) is 3.05. The molecule has 0 radical (unpaired) electrons. The number of rotatable bonds is 32. The first-order valence-corrected chi connectivity index (χ1v) is 19.9. The van der Waals surface area contributed by atoms with E-state index in [2.05, 4.69) is 92.0 Å². The number of esters is 1. The van der Waals surface area contributed by atoms with E-state index in [0.29, 0.717) is 17.4 Å². The van der Waals surface area contributed by atoms with Crippen molar-refractivity contribution in [1.82, 2.24) is 0 Å². The van der Waals surface area contributed by atoms with Crippen LogP contribution in [0.5, 0.6) is 0 Å². The minimum absolute atomic E-state index is 0.0476. The number of aliphatic hydroxyl groups excluding tert-OH is 1. The number of hydrogen-bond acceptors (Lipinski definition) is 6.